The van der Waals surface area contributed by atoms with Crippen LogP contribution in [0, 0.1) is 5.41 Å². The Morgan fingerprint density at radius 3 is 2.53 bits per heavy atom. The van der Waals surface area contributed by atoms with Crippen LogP contribution in [0.25, 0.3) is 0 Å². The van der Waals surface area contributed by atoms with E-state index in [0.717, 1.165) is 26.2 Å². The van der Waals surface area contributed by atoms with E-state index in [9.17, 15) is 4.79 Å². The lowest BCUT2D eigenvalue weighted by Gasteiger charge is -2.47. The number of ether oxygens (including phenoxy) is 1. The number of carbonyl (C=O) groups is 1. The van der Waals surface area contributed by atoms with E-state index < -0.39 is 0 Å². The van der Waals surface area contributed by atoms with Crippen LogP contribution in [0.3, 0.4) is 0 Å². The van der Waals surface area contributed by atoms with E-state index in [4.69, 9.17) is 4.74 Å². The number of hydrogen-bond acceptors (Lipinski definition) is 5. The summed E-state index contributed by atoms with van der Waals surface area (Å²) in [7, 11) is 3.68. The molecule has 0 bridgehead atoms. The SMILES string of the molecule is COc1cnc(C(=O)N2CC3(CCN(C)C3)C2)nc1. The quantitative estimate of drug-likeness (QED) is 0.765. The molecule has 19 heavy (non-hydrogen) atoms. The molecule has 3 heterocycles. The third-order valence-electron chi connectivity index (χ3n) is 4.02. The lowest BCUT2D eigenvalue weighted by molar-refractivity contribution is 0.0108. The molecule has 102 valence electrons. The van der Waals surface area contributed by atoms with Gasteiger partial charge in [-0.15, -0.1) is 0 Å². The molecule has 0 N–H and O–H groups in total. The Kier molecular flexibility index (Phi) is 2.89. The van der Waals surface area contributed by atoms with Gasteiger partial charge in [0.05, 0.1) is 19.5 Å². The van der Waals surface area contributed by atoms with Crippen molar-refractivity contribution in [1.82, 2.24) is 19.8 Å². The van der Waals surface area contributed by atoms with Crippen LogP contribution in [0.2, 0.25) is 0 Å². The highest BCUT2D eigenvalue weighted by molar-refractivity contribution is 5.91. The second-order valence-corrected chi connectivity index (χ2v) is 5.60. The summed E-state index contributed by atoms with van der Waals surface area (Å²) in [6, 6.07) is 0. The van der Waals surface area contributed by atoms with Gasteiger partial charge in [0.1, 0.15) is 0 Å². The highest BCUT2D eigenvalue weighted by Crippen LogP contribution is 2.39. The molecule has 6 nitrogen and oxygen atoms in total. The molecule has 0 aliphatic carbocycles. The van der Waals surface area contributed by atoms with E-state index in [1.54, 1.807) is 7.11 Å². The number of methoxy groups -OCH3 is 1. The van der Waals surface area contributed by atoms with Crippen LogP contribution in [0.1, 0.15) is 17.0 Å². The number of amides is 1. The van der Waals surface area contributed by atoms with Gasteiger partial charge in [0, 0.05) is 25.0 Å². The van der Waals surface area contributed by atoms with Crippen molar-refractivity contribution in [3.05, 3.63) is 18.2 Å². The first-order chi connectivity index (χ1) is 9.12. The van der Waals surface area contributed by atoms with Crippen molar-refractivity contribution in [2.24, 2.45) is 5.41 Å². The molecule has 0 aromatic carbocycles. The van der Waals surface area contributed by atoms with Gasteiger partial charge in [-0.2, -0.15) is 0 Å². The van der Waals surface area contributed by atoms with Gasteiger partial charge in [0.2, 0.25) is 5.82 Å². The summed E-state index contributed by atoms with van der Waals surface area (Å²) in [5.41, 5.74) is 0.316. The summed E-state index contributed by atoms with van der Waals surface area (Å²) in [4.78, 5) is 24.4. The maximum atomic E-state index is 12.2. The smallest absolute Gasteiger partial charge is 0.291 e. The van der Waals surface area contributed by atoms with E-state index in [2.05, 4.69) is 21.9 Å². The standard InChI is InChI=1S/C13H18N4O2/c1-16-4-3-13(7-16)8-17(9-13)12(18)11-14-5-10(19-2)6-15-11/h5-6H,3-4,7-9H2,1-2H3. The van der Waals surface area contributed by atoms with Crippen LogP contribution in [0.4, 0.5) is 0 Å². The van der Waals surface area contributed by atoms with Crippen molar-refractivity contribution in [1.29, 1.82) is 0 Å². The summed E-state index contributed by atoms with van der Waals surface area (Å²) in [5.74, 6) is 0.735. The molecular formula is C13H18N4O2. The van der Waals surface area contributed by atoms with Crippen molar-refractivity contribution in [3.8, 4) is 5.75 Å². The molecule has 0 atom stereocenters. The summed E-state index contributed by atoms with van der Waals surface area (Å²) in [6.45, 7) is 3.86. The molecule has 1 amide bonds. The average Bonchev–Trinajstić information content (AvgIpc) is 2.79. The predicted octanol–water partition coefficient (Wildman–Crippen LogP) is 0.263. The van der Waals surface area contributed by atoms with Crippen molar-refractivity contribution < 1.29 is 9.53 Å². The van der Waals surface area contributed by atoms with Crippen LogP contribution in [-0.2, 0) is 0 Å². The Balaban J connectivity index is 1.63. The first kappa shape index (κ1) is 12.3. The topological polar surface area (TPSA) is 58.6 Å². The number of likely N-dealkylation sites (tertiary alicyclic amines) is 2. The van der Waals surface area contributed by atoms with E-state index in [0.29, 0.717) is 11.2 Å². The minimum Gasteiger partial charge on any atom is -0.494 e. The molecule has 1 aromatic rings. The van der Waals surface area contributed by atoms with Crippen molar-refractivity contribution >= 4 is 5.91 Å². The largest absolute Gasteiger partial charge is 0.494 e. The Morgan fingerprint density at radius 2 is 2.00 bits per heavy atom. The third kappa shape index (κ3) is 2.16. The van der Waals surface area contributed by atoms with E-state index in [1.807, 2.05) is 4.90 Å². The van der Waals surface area contributed by atoms with Gasteiger partial charge in [0.25, 0.3) is 5.91 Å². The van der Waals surface area contributed by atoms with Crippen LogP contribution in [0.5, 0.6) is 5.75 Å². The van der Waals surface area contributed by atoms with E-state index in [1.165, 1.54) is 18.8 Å². The molecule has 1 spiro atoms. The molecule has 1 aromatic heterocycles. The zero-order chi connectivity index (χ0) is 13.5. The maximum absolute atomic E-state index is 12.2. The first-order valence-electron chi connectivity index (χ1n) is 6.46. The highest BCUT2D eigenvalue weighted by Gasteiger charge is 2.48. The fourth-order valence-electron chi connectivity index (χ4n) is 3.00. The zero-order valence-electron chi connectivity index (χ0n) is 11.3. The minimum absolute atomic E-state index is 0.0807. The summed E-state index contributed by atoms with van der Waals surface area (Å²) < 4.78 is 4.98. The van der Waals surface area contributed by atoms with Gasteiger partial charge >= 0.3 is 0 Å². The molecule has 2 fully saturated rings. The van der Waals surface area contributed by atoms with Gasteiger partial charge in [0.15, 0.2) is 5.75 Å². The van der Waals surface area contributed by atoms with Crippen molar-refractivity contribution in [2.75, 3.05) is 40.3 Å². The maximum Gasteiger partial charge on any atom is 0.291 e. The van der Waals surface area contributed by atoms with E-state index >= 15 is 0 Å². The number of nitrogens with zero attached hydrogens (tertiary/aromatic N) is 4. The molecule has 0 saturated carbocycles. The molecule has 6 heteroatoms. The molecule has 0 radical (unpaired) electrons. The summed E-state index contributed by atoms with van der Waals surface area (Å²) >= 11 is 0. The second-order valence-electron chi connectivity index (χ2n) is 5.60. The van der Waals surface area contributed by atoms with Crippen molar-refractivity contribution in [3.63, 3.8) is 0 Å². The number of carbonyl (C=O) groups excluding carboxylic acids is 1. The third-order valence-corrected chi connectivity index (χ3v) is 4.02. The molecule has 3 rings (SSSR count). The molecule has 2 saturated heterocycles. The van der Waals surface area contributed by atoms with Gasteiger partial charge in [-0.3, -0.25) is 4.79 Å². The Labute approximate surface area is 112 Å². The molecule has 2 aliphatic rings. The van der Waals surface area contributed by atoms with Crippen LogP contribution < -0.4 is 4.74 Å². The molecular weight excluding hydrogens is 244 g/mol. The molecule has 0 unspecified atom stereocenters. The molecule has 2 aliphatic heterocycles. The number of rotatable bonds is 2. The summed E-state index contributed by atoms with van der Waals surface area (Å²) in [6.07, 6.45) is 4.23. The Hall–Kier alpha value is -1.69. The van der Waals surface area contributed by atoms with E-state index in [-0.39, 0.29) is 11.7 Å². The fourth-order valence-corrected chi connectivity index (χ4v) is 3.00. The van der Waals surface area contributed by atoms with Gasteiger partial charge in [-0.05, 0) is 20.0 Å². The fraction of sp³-hybridized carbons (Fsp3) is 0.615. The van der Waals surface area contributed by atoms with Gasteiger partial charge in [-0.25, -0.2) is 9.97 Å². The van der Waals surface area contributed by atoms with Crippen molar-refractivity contribution in [2.45, 2.75) is 6.42 Å². The predicted molar refractivity (Wildman–Crippen MR) is 69.0 cm³/mol. The van der Waals surface area contributed by atoms with Crippen LogP contribution >= 0.6 is 0 Å². The van der Waals surface area contributed by atoms with Crippen LogP contribution in [0.15, 0.2) is 12.4 Å². The summed E-state index contributed by atoms with van der Waals surface area (Å²) in [5, 5.41) is 0. The van der Waals surface area contributed by atoms with Gasteiger partial charge < -0.3 is 14.5 Å². The lowest BCUT2D eigenvalue weighted by atomic mass is 9.79. The number of hydrogen-bond donors (Lipinski definition) is 0. The minimum atomic E-state index is -0.0807. The lowest BCUT2D eigenvalue weighted by Crippen LogP contribution is -2.59. The Bertz CT molecular complexity index is 482. The van der Waals surface area contributed by atoms with Gasteiger partial charge in [-0.1, -0.05) is 0 Å². The monoisotopic (exact) mass is 262 g/mol. The van der Waals surface area contributed by atoms with Crippen LogP contribution in [-0.4, -0.2) is 66.0 Å². The zero-order valence-corrected chi connectivity index (χ0v) is 11.3. The normalized spacial score (nSPS) is 21.5. The first-order valence-corrected chi connectivity index (χ1v) is 6.46. The number of aromatic nitrogens is 2. The second kappa shape index (κ2) is 4.45. The highest BCUT2D eigenvalue weighted by atomic mass is 16.5. The Morgan fingerprint density at radius 1 is 1.32 bits per heavy atom. The average molecular weight is 262 g/mol.